The Balaban J connectivity index is 1.93. The van der Waals surface area contributed by atoms with Gasteiger partial charge in [-0.2, -0.15) is 0 Å². The summed E-state index contributed by atoms with van der Waals surface area (Å²) in [6.45, 7) is 1.78. The van der Waals surface area contributed by atoms with Crippen LogP contribution in [-0.2, 0) is 9.59 Å². The number of hydrogen-bond donors (Lipinski definition) is 2. The highest BCUT2D eigenvalue weighted by molar-refractivity contribution is 6.31. The van der Waals surface area contributed by atoms with E-state index in [0.717, 1.165) is 0 Å². The highest BCUT2D eigenvalue weighted by Gasteiger charge is 2.20. The van der Waals surface area contributed by atoms with E-state index in [-0.39, 0.29) is 18.4 Å². The van der Waals surface area contributed by atoms with Gasteiger partial charge < -0.3 is 15.4 Å². The van der Waals surface area contributed by atoms with Crippen molar-refractivity contribution in [3.05, 3.63) is 53.6 Å². The van der Waals surface area contributed by atoms with Crippen LogP contribution in [0.2, 0.25) is 5.02 Å². The van der Waals surface area contributed by atoms with Gasteiger partial charge in [0.2, 0.25) is 11.8 Å². The normalized spacial score (nSPS) is 11.7. The van der Waals surface area contributed by atoms with Gasteiger partial charge >= 0.3 is 0 Å². The number of likely N-dealkylation sites (N-methyl/N-ethyl adjacent to an activating group) is 1. The summed E-state index contributed by atoms with van der Waals surface area (Å²) in [6.07, 6.45) is 0. The number of carbonyl (C=O) groups is 2. The van der Waals surface area contributed by atoms with Gasteiger partial charge in [0.1, 0.15) is 5.75 Å². The van der Waals surface area contributed by atoms with E-state index in [4.69, 9.17) is 16.3 Å². The lowest BCUT2D eigenvalue weighted by atomic mass is 10.2. The molecule has 0 heterocycles. The van der Waals surface area contributed by atoms with E-state index in [1.54, 1.807) is 37.1 Å². The largest absolute Gasteiger partial charge is 0.495 e. The summed E-state index contributed by atoms with van der Waals surface area (Å²) in [6, 6.07) is 13.7. The Labute approximate surface area is 158 Å². The summed E-state index contributed by atoms with van der Waals surface area (Å²) >= 11 is 5.96. The first-order chi connectivity index (χ1) is 12.4. The van der Waals surface area contributed by atoms with Gasteiger partial charge in [-0.25, -0.2) is 0 Å². The first kappa shape index (κ1) is 19.8. The molecule has 26 heavy (non-hydrogen) atoms. The standard InChI is InChI=1S/C19H22ClN3O3/c1-13(19(25)21-15-7-5-4-6-8-15)23(2)12-18(24)22-16-11-14(20)9-10-17(16)26-3/h4-11,13H,12H2,1-3H3,(H,21,25)(H,22,24)/t13-/m1/s1. The lowest BCUT2D eigenvalue weighted by Crippen LogP contribution is -2.43. The monoisotopic (exact) mass is 375 g/mol. The molecule has 0 fully saturated rings. The number of halogens is 1. The van der Waals surface area contributed by atoms with E-state index in [2.05, 4.69) is 10.6 Å². The molecule has 0 aromatic heterocycles. The lowest BCUT2D eigenvalue weighted by Gasteiger charge is -2.23. The van der Waals surface area contributed by atoms with Crippen LogP contribution in [0.25, 0.3) is 0 Å². The van der Waals surface area contributed by atoms with E-state index in [1.165, 1.54) is 7.11 Å². The number of amides is 2. The van der Waals surface area contributed by atoms with Crippen molar-refractivity contribution in [3.8, 4) is 5.75 Å². The third-order valence-electron chi connectivity index (χ3n) is 3.91. The van der Waals surface area contributed by atoms with Crippen LogP contribution in [0.3, 0.4) is 0 Å². The van der Waals surface area contributed by atoms with Gasteiger partial charge in [-0.1, -0.05) is 29.8 Å². The highest BCUT2D eigenvalue weighted by Crippen LogP contribution is 2.27. The molecule has 2 aromatic carbocycles. The molecule has 0 saturated heterocycles. The molecule has 0 radical (unpaired) electrons. The first-order valence-corrected chi connectivity index (χ1v) is 8.48. The van der Waals surface area contributed by atoms with Gasteiger partial charge in [-0.15, -0.1) is 0 Å². The maximum absolute atomic E-state index is 12.3. The van der Waals surface area contributed by atoms with Crippen LogP contribution in [0.1, 0.15) is 6.92 Å². The Hall–Kier alpha value is -2.57. The van der Waals surface area contributed by atoms with Gasteiger partial charge in [0, 0.05) is 10.7 Å². The minimum absolute atomic E-state index is 0.0407. The van der Waals surface area contributed by atoms with Crippen LogP contribution in [-0.4, -0.2) is 43.5 Å². The number of hydrogen-bond acceptors (Lipinski definition) is 4. The lowest BCUT2D eigenvalue weighted by molar-refractivity contribution is -0.122. The van der Waals surface area contributed by atoms with Crippen molar-refractivity contribution in [2.75, 3.05) is 31.3 Å². The third kappa shape index (κ3) is 5.47. The maximum Gasteiger partial charge on any atom is 0.241 e. The molecule has 0 saturated carbocycles. The topological polar surface area (TPSA) is 70.7 Å². The number of para-hydroxylation sites is 1. The van der Waals surface area contributed by atoms with E-state index in [1.807, 2.05) is 30.3 Å². The molecule has 6 nitrogen and oxygen atoms in total. The summed E-state index contributed by atoms with van der Waals surface area (Å²) in [5, 5.41) is 6.07. The number of nitrogens with zero attached hydrogens (tertiary/aromatic N) is 1. The van der Waals surface area contributed by atoms with Crippen LogP contribution in [0, 0.1) is 0 Å². The SMILES string of the molecule is COc1ccc(Cl)cc1NC(=O)CN(C)[C@H](C)C(=O)Nc1ccccc1. The molecule has 2 N–H and O–H groups in total. The van der Waals surface area contributed by atoms with Gasteiger partial charge in [-0.05, 0) is 44.3 Å². The average molecular weight is 376 g/mol. The van der Waals surface area contributed by atoms with Crippen molar-refractivity contribution in [2.45, 2.75) is 13.0 Å². The zero-order valence-electron chi connectivity index (χ0n) is 15.0. The van der Waals surface area contributed by atoms with Crippen molar-refractivity contribution in [3.63, 3.8) is 0 Å². The smallest absolute Gasteiger partial charge is 0.241 e. The fourth-order valence-corrected chi connectivity index (χ4v) is 2.47. The average Bonchev–Trinajstić information content (AvgIpc) is 2.62. The quantitative estimate of drug-likeness (QED) is 0.779. The second-order valence-corrected chi connectivity index (χ2v) is 6.28. The third-order valence-corrected chi connectivity index (χ3v) is 4.15. The fourth-order valence-electron chi connectivity index (χ4n) is 2.30. The molecule has 0 aliphatic rings. The summed E-state index contributed by atoms with van der Waals surface area (Å²) in [7, 11) is 3.23. The molecule has 2 amide bonds. The molecular formula is C19H22ClN3O3. The number of rotatable bonds is 7. The molecule has 7 heteroatoms. The summed E-state index contributed by atoms with van der Waals surface area (Å²) in [5.41, 5.74) is 1.20. The molecule has 2 rings (SSSR count). The van der Waals surface area contributed by atoms with Gasteiger partial charge in [0.15, 0.2) is 0 Å². The van der Waals surface area contributed by atoms with E-state index < -0.39 is 6.04 Å². The Kier molecular flexibility index (Phi) is 7.00. The minimum Gasteiger partial charge on any atom is -0.495 e. The second kappa shape index (κ2) is 9.22. The molecule has 2 aromatic rings. The maximum atomic E-state index is 12.3. The van der Waals surface area contributed by atoms with Crippen molar-refractivity contribution in [1.29, 1.82) is 0 Å². The minimum atomic E-state index is -0.484. The molecule has 0 bridgehead atoms. The van der Waals surface area contributed by atoms with Crippen molar-refractivity contribution < 1.29 is 14.3 Å². The van der Waals surface area contributed by atoms with Gasteiger partial charge in [-0.3, -0.25) is 14.5 Å². The zero-order valence-corrected chi connectivity index (χ0v) is 15.7. The molecule has 138 valence electrons. The van der Waals surface area contributed by atoms with Crippen LogP contribution in [0.5, 0.6) is 5.75 Å². The molecular weight excluding hydrogens is 354 g/mol. The number of nitrogens with one attached hydrogen (secondary N) is 2. The Morgan fingerprint density at radius 2 is 1.85 bits per heavy atom. The van der Waals surface area contributed by atoms with Crippen LogP contribution in [0.15, 0.2) is 48.5 Å². The predicted octanol–water partition coefficient (Wildman–Crippen LogP) is 3.25. The van der Waals surface area contributed by atoms with Crippen LogP contribution in [0.4, 0.5) is 11.4 Å². The van der Waals surface area contributed by atoms with Crippen LogP contribution >= 0.6 is 11.6 Å². The number of anilines is 2. The number of ether oxygens (including phenoxy) is 1. The summed E-state index contributed by atoms with van der Waals surface area (Å²) in [5.74, 6) is 0.0551. The molecule has 0 unspecified atom stereocenters. The summed E-state index contributed by atoms with van der Waals surface area (Å²) in [4.78, 5) is 26.3. The van der Waals surface area contributed by atoms with E-state index in [0.29, 0.717) is 22.1 Å². The summed E-state index contributed by atoms with van der Waals surface area (Å²) < 4.78 is 5.21. The fraction of sp³-hybridized carbons (Fsp3) is 0.263. The number of carbonyl (C=O) groups excluding carboxylic acids is 2. The van der Waals surface area contributed by atoms with Gasteiger partial charge in [0.05, 0.1) is 25.4 Å². The van der Waals surface area contributed by atoms with E-state index in [9.17, 15) is 9.59 Å². The van der Waals surface area contributed by atoms with E-state index >= 15 is 0 Å². The first-order valence-electron chi connectivity index (χ1n) is 8.10. The van der Waals surface area contributed by atoms with Crippen molar-refractivity contribution >= 4 is 34.8 Å². The second-order valence-electron chi connectivity index (χ2n) is 5.84. The molecule has 0 spiro atoms. The van der Waals surface area contributed by atoms with Crippen molar-refractivity contribution in [2.24, 2.45) is 0 Å². The number of methoxy groups -OCH3 is 1. The Morgan fingerprint density at radius 3 is 2.50 bits per heavy atom. The highest BCUT2D eigenvalue weighted by atomic mass is 35.5. The number of benzene rings is 2. The zero-order chi connectivity index (χ0) is 19.1. The Bertz CT molecular complexity index is 768. The Morgan fingerprint density at radius 1 is 1.15 bits per heavy atom. The molecule has 1 atom stereocenters. The molecule has 0 aliphatic carbocycles. The van der Waals surface area contributed by atoms with Crippen molar-refractivity contribution in [1.82, 2.24) is 4.90 Å². The predicted molar refractivity (Wildman–Crippen MR) is 104 cm³/mol. The van der Waals surface area contributed by atoms with Gasteiger partial charge in [0.25, 0.3) is 0 Å². The molecule has 0 aliphatic heterocycles. The van der Waals surface area contributed by atoms with Crippen LogP contribution < -0.4 is 15.4 Å².